The van der Waals surface area contributed by atoms with Crippen LogP contribution in [0.5, 0.6) is 0 Å². The van der Waals surface area contributed by atoms with E-state index in [-0.39, 0.29) is 6.03 Å². The van der Waals surface area contributed by atoms with Gasteiger partial charge in [-0.2, -0.15) is 0 Å². The Kier molecular flexibility index (Phi) is 3.05. The second-order valence-corrected chi connectivity index (χ2v) is 4.24. The Morgan fingerprint density at radius 2 is 2.29 bits per heavy atom. The van der Waals surface area contributed by atoms with Gasteiger partial charge in [0.05, 0.1) is 0 Å². The van der Waals surface area contributed by atoms with Gasteiger partial charge in [0.2, 0.25) is 5.13 Å². The molecule has 0 spiro atoms. The zero-order valence-corrected chi connectivity index (χ0v) is 10.4. The number of carbonyl (C=O) groups excluding carboxylic acids is 1. The fourth-order valence-electron chi connectivity index (χ4n) is 1.46. The van der Waals surface area contributed by atoms with E-state index in [1.54, 1.807) is 26.4 Å². The number of nitrogens with one attached hydrogen (secondary N) is 1. The third kappa shape index (κ3) is 2.26. The molecular formula is C9H11N5O2S. The number of nitrogens with zero attached hydrogens (tertiary/aromatic N) is 4. The van der Waals surface area contributed by atoms with Crippen LogP contribution in [0.1, 0.15) is 11.5 Å². The Labute approximate surface area is 101 Å². The average Bonchev–Trinajstić information content (AvgIpc) is 2.89. The lowest BCUT2D eigenvalue weighted by Gasteiger charge is -2.15. The highest BCUT2D eigenvalue weighted by Gasteiger charge is 2.19. The molecule has 7 nitrogen and oxygen atoms in total. The predicted molar refractivity (Wildman–Crippen MR) is 63.3 cm³/mol. The third-order valence-electron chi connectivity index (χ3n) is 2.21. The summed E-state index contributed by atoms with van der Waals surface area (Å²) in [5.41, 5.74) is 2.87. The number of aryl methyl sites for hydroxylation is 2. The molecule has 1 N–H and O–H groups in total. The largest absolute Gasteiger partial charge is 0.359 e. The van der Waals surface area contributed by atoms with Crippen molar-refractivity contribution >= 4 is 28.2 Å². The lowest BCUT2D eigenvalue weighted by atomic mass is 10.3. The van der Waals surface area contributed by atoms with Gasteiger partial charge in [0.25, 0.3) is 0 Å². The molecule has 0 unspecified atom stereocenters. The van der Waals surface area contributed by atoms with Crippen molar-refractivity contribution in [2.45, 2.75) is 13.8 Å². The van der Waals surface area contributed by atoms with E-state index in [1.807, 2.05) is 0 Å². The summed E-state index contributed by atoms with van der Waals surface area (Å²) in [6, 6.07) is -0.309. The molecule has 2 aromatic rings. The smallest absolute Gasteiger partial charge is 0.328 e. The molecule has 2 heterocycles. The second-order valence-electron chi connectivity index (χ2n) is 3.41. The van der Waals surface area contributed by atoms with Gasteiger partial charge in [-0.15, -0.1) is 10.2 Å². The molecule has 0 bridgehead atoms. The molecule has 90 valence electrons. The van der Waals surface area contributed by atoms with Crippen LogP contribution in [0.4, 0.5) is 15.6 Å². The minimum atomic E-state index is -0.309. The fraction of sp³-hybridized carbons (Fsp3) is 0.333. The highest BCUT2D eigenvalue weighted by molar-refractivity contribution is 7.13. The number of urea groups is 1. The van der Waals surface area contributed by atoms with E-state index in [1.165, 1.54) is 16.2 Å². The zero-order chi connectivity index (χ0) is 12.4. The maximum Gasteiger partial charge on any atom is 0.328 e. The summed E-state index contributed by atoms with van der Waals surface area (Å²) >= 11 is 1.25. The molecule has 2 amide bonds. The standard InChI is InChI=1S/C9H11N5O2S/c1-5-7(6(2)16-13-5)14(3)9(15)11-8-12-10-4-17-8/h4H,1-3H3,(H,11,12,15). The first kappa shape index (κ1) is 11.5. The normalized spacial score (nSPS) is 10.3. The van der Waals surface area contributed by atoms with Gasteiger partial charge in [-0.25, -0.2) is 4.79 Å². The van der Waals surface area contributed by atoms with E-state index < -0.39 is 0 Å². The van der Waals surface area contributed by atoms with Crippen molar-refractivity contribution in [1.29, 1.82) is 0 Å². The maximum absolute atomic E-state index is 11.9. The van der Waals surface area contributed by atoms with Gasteiger partial charge in [-0.05, 0) is 13.8 Å². The molecule has 0 aliphatic carbocycles. The number of aromatic nitrogens is 3. The Hall–Kier alpha value is -1.96. The predicted octanol–water partition coefficient (Wildman–Crippen LogP) is 1.81. The Balaban J connectivity index is 2.15. The Bertz CT molecular complexity index is 502. The van der Waals surface area contributed by atoms with E-state index in [4.69, 9.17) is 4.52 Å². The van der Waals surface area contributed by atoms with Crippen LogP contribution < -0.4 is 10.2 Å². The van der Waals surface area contributed by atoms with Gasteiger partial charge >= 0.3 is 6.03 Å². The lowest BCUT2D eigenvalue weighted by Crippen LogP contribution is -2.31. The minimum absolute atomic E-state index is 0.309. The summed E-state index contributed by atoms with van der Waals surface area (Å²) in [5.74, 6) is 0.595. The summed E-state index contributed by atoms with van der Waals surface area (Å²) < 4.78 is 5.00. The number of hydrogen-bond donors (Lipinski definition) is 1. The van der Waals surface area contributed by atoms with Crippen molar-refractivity contribution in [1.82, 2.24) is 15.4 Å². The maximum atomic E-state index is 11.9. The molecule has 0 saturated heterocycles. The quantitative estimate of drug-likeness (QED) is 0.882. The van der Waals surface area contributed by atoms with Crippen molar-refractivity contribution in [2.24, 2.45) is 0 Å². The molecular weight excluding hydrogens is 242 g/mol. The molecule has 0 aromatic carbocycles. The van der Waals surface area contributed by atoms with Crippen LogP contribution in [0.25, 0.3) is 0 Å². The van der Waals surface area contributed by atoms with Crippen LogP contribution in [-0.2, 0) is 0 Å². The second kappa shape index (κ2) is 4.50. The van der Waals surface area contributed by atoms with Crippen molar-refractivity contribution in [3.8, 4) is 0 Å². The lowest BCUT2D eigenvalue weighted by molar-refractivity contribution is 0.258. The SMILES string of the molecule is Cc1noc(C)c1N(C)C(=O)Nc1nncs1. The molecule has 8 heteroatoms. The molecule has 0 radical (unpaired) electrons. The van der Waals surface area contributed by atoms with E-state index >= 15 is 0 Å². The summed E-state index contributed by atoms with van der Waals surface area (Å²) in [6.07, 6.45) is 0. The van der Waals surface area contributed by atoms with E-state index in [0.29, 0.717) is 22.3 Å². The highest BCUT2D eigenvalue weighted by Crippen LogP contribution is 2.23. The Morgan fingerprint density at radius 1 is 1.53 bits per heavy atom. The van der Waals surface area contributed by atoms with Crippen LogP contribution in [0.3, 0.4) is 0 Å². The van der Waals surface area contributed by atoms with Crippen molar-refractivity contribution in [2.75, 3.05) is 17.3 Å². The molecule has 0 atom stereocenters. The van der Waals surface area contributed by atoms with Gasteiger partial charge in [-0.1, -0.05) is 16.5 Å². The number of anilines is 2. The molecule has 2 rings (SSSR count). The molecule has 0 fully saturated rings. The summed E-state index contributed by atoms with van der Waals surface area (Å²) in [7, 11) is 1.64. The van der Waals surface area contributed by atoms with Gasteiger partial charge < -0.3 is 4.52 Å². The molecule has 0 saturated carbocycles. The van der Waals surface area contributed by atoms with Crippen molar-refractivity contribution in [3.05, 3.63) is 17.0 Å². The Morgan fingerprint density at radius 3 is 2.82 bits per heavy atom. The number of hydrogen-bond acceptors (Lipinski definition) is 6. The molecule has 0 aliphatic rings. The first-order valence-corrected chi connectivity index (χ1v) is 5.71. The zero-order valence-electron chi connectivity index (χ0n) is 9.59. The van der Waals surface area contributed by atoms with Gasteiger partial charge in [-0.3, -0.25) is 10.2 Å². The van der Waals surface area contributed by atoms with Crippen LogP contribution in [0.2, 0.25) is 0 Å². The topological polar surface area (TPSA) is 84.2 Å². The van der Waals surface area contributed by atoms with Crippen molar-refractivity contribution in [3.63, 3.8) is 0 Å². The van der Waals surface area contributed by atoms with Gasteiger partial charge in [0.1, 0.15) is 16.9 Å². The van der Waals surface area contributed by atoms with Crippen molar-refractivity contribution < 1.29 is 9.32 Å². The van der Waals surface area contributed by atoms with Crippen LogP contribution in [0, 0.1) is 13.8 Å². The van der Waals surface area contributed by atoms with Crippen LogP contribution in [0.15, 0.2) is 10.0 Å². The first-order valence-electron chi connectivity index (χ1n) is 4.83. The highest BCUT2D eigenvalue weighted by atomic mass is 32.1. The van der Waals surface area contributed by atoms with Crippen LogP contribution in [-0.4, -0.2) is 28.4 Å². The van der Waals surface area contributed by atoms with E-state index in [2.05, 4.69) is 20.7 Å². The summed E-state index contributed by atoms with van der Waals surface area (Å²) in [4.78, 5) is 13.3. The first-order chi connectivity index (χ1) is 8.09. The summed E-state index contributed by atoms with van der Waals surface area (Å²) in [6.45, 7) is 3.53. The fourth-order valence-corrected chi connectivity index (χ4v) is 1.90. The van der Waals surface area contributed by atoms with Gasteiger partial charge in [0.15, 0.2) is 5.76 Å². The third-order valence-corrected chi connectivity index (χ3v) is 2.82. The number of amides is 2. The average molecular weight is 253 g/mol. The number of rotatable bonds is 2. The molecule has 2 aromatic heterocycles. The minimum Gasteiger partial charge on any atom is -0.359 e. The molecule has 0 aliphatic heterocycles. The van der Waals surface area contributed by atoms with Gasteiger partial charge in [0, 0.05) is 7.05 Å². The number of carbonyl (C=O) groups is 1. The summed E-state index contributed by atoms with van der Waals surface area (Å²) in [5, 5.41) is 14.2. The van der Waals surface area contributed by atoms with Crippen LogP contribution >= 0.6 is 11.3 Å². The van der Waals surface area contributed by atoms with E-state index in [9.17, 15) is 4.79 Å². The molecule has 17 heavy (non-hydrogen) atoms. The monoisotopic (exact) mass is 253 g/mol. The van der Waals surface area contributed by atoms with E-state index in [0.717, 1.165) is 0 Å².